The molecule has 49 heavy (non-hydrogen) atoms. The van der Waals surface area contributed by atoms with Gasteiger partial charge in [0.2, 0.25) is 29.5 Å². The molecule has 10 N–H and O–H groups in total. The minimum absolute atomic E-state index is 0.0512. The first-order valence-electron chi connectivity index (χ1n) is 16.7. The fourth-order valence-corrected chi connectivity index (χ4v) is 6.31. The van der Waals surface area contributed by atoms with E-state index in [9.17, 15) is 33.9 Å². The van der Waals surface area contributed by atoms with Crippen molar-refractivity contribution in [2.24, 2.45) is 22.4 Å². The van der Waals surface area contributed by atoms with Crippen molar-refractivity contribution < 1.29 is 33.9 Å². The zero-order valence-electron chi connectivity index (χ0n) is 27.9. The molecule has 0 spiro atoms. The summed E-state index contributed by atoms with van der Waals surface area (Å²) in [6.07, 6.45) is 2.91. The number of carbonyl (C=O) groups excluding carboxylic acids is 5. The van der Waals surface area contributed by atoms with Crippen molar-refractivity contribution in [3.05, 3.63) is 36.0 Å². The van der Waals surface area contributed by atoms with E-state index >= 15 is 0 Å². The van der Waals surface area contributed by atoms with E-state index in [1.165, 1.54) is 4.90 Å². The number of guanidine groups is 1. The zero-order chi connectivity index (χ0) is 35.7. The van der Waals surface area contributed by atoms with Crippen molar-refractivity contribution in [3.8, 4) is 0 Å². The number of fused-ring (bicyclic) bond motifs is 2. The number of carboxylic acid groups (broad SMARTS) is 1. The summed E-state index contributed by atoms with van der Waals surface area (Å²) in [5.41, 5.74) is 12.4. The summed E-state index contributed by atoms with van der Waals surface area (Å²) in [6.45, 7) is 4.14. The number of hydrogen-bond donors (Lipinski definition) is 8. The number of nitrogens with two attached hydrogens (primary N) is 2. The quantitative estimate of drug-likeness (QED) is 0.0873. The SMILES string of the molecule is CC(C)C[C@H](NC(=O)[C@@H]1CCC(=O)N[C@@H](CCCN=C(N)N)C(=O)N2CCC[C@H]2C(=O)N[C@@H](Cc2c[nH]c3ccccc23)C(=O)N1)C(=O)O. The molecule has 2 aliphatic heterocycles. The lowest BCUT2D eigenvalue weighted by Gasteiger charge is -2.31. The molecule has 5 amide bonds. The summed E-state index contributed by atoms with van der Waals surface area (Å²) in [4.78, 5) is 88.9. The largest absolute Gasteiger partial charge is 0.480 e. The predicted molar refractivity (Wildman–Crippen MR) is 181 cm³/mol. The molecule has 2 fully saturated rings. The van der Waals surface area contributed by atoms with Gasteiger partial charge in [-0.05, 0) is 56.1 Å². The Bertz CT molecular complexity index is 1570. The number of aliphatic imine (C=N–C) groups is 1. The first-order valence-corrected chi connectivity index (χ1v) is 16.7. The van der Waals surface area contributed by atoms with Gasteiger partial charge in [-0.3, -0.25) is 29.0 Å². The first kappa shape index (κ1) is 36.7. The number of para-hydroxylation sites is 1. The Kier molecular flexibility index (Phi) is 12.6. The number of H-pyrrole nitrogens is 1. The van der Waals surface area contributed by atoms with Crippen LogP contribution in [0.5, 0.6) is 0 Å². The van der Waals surface area contributed by atoms with Crippen molar-refractivity contribution in [2.45, 2.75) is 95.4 Å². The second-order valence-corrected chi connectivity index (χ2v) is 13.0. The third-order valence-electron chi connectivity index (χ3n) is 8.76. The van der Waals surface area contributed by atoms with Crippen molar-refractivity contribution in [3.63, 3.8) is 0 Å². The fourth-order valence-electron chi connectivity index (χ4n) is 6.31. The molecular weight excluding hydrogens is 634 g/mol. The van der Waals surface area contributed by atoms with Gasteiger partial charge < -0.3 is 47.7 Å². The second kappa shape index (κ2) is 16.8. The van der Waals surface area contributed by atoms with Crippen molar-refractivity contribution in [1.82, 2.24) is 31.2 Å². The van der Waals surface area contributed by atoms with E-state index < -0.39 is 65.7 Å². The van der Waals surface area contributed by atoms with Gasteiger partial charge in [0.1, 0.15) is 30.2 Å². The van der Waals surface area contributed by atoms with Crippen molar-refractivity contribution >= 4 is 52.4 Å². The number of rotatable bonds is 11. The number of aliphatic carboxylic acids is 1. The molecule has 0 aliphatic carbocycles. The van der Waals surface area contributed by atoms with E-state index in [4.69, 9.17) is 11.5 Å². The molecule has 1 aromatic heterocycles. The Balaban J connectivity index is 1.67. The molecule has 0 saturated carbocycles. The maximum Gasteiger partial charge on any atom is 0.326 e. The lowest BCUT2D eigenvalue weighted by molar-refractivity contribution is -0.143. The van der Waals surface area contributed by atoms with E-state index in [-0.39, 0.29) is 50.5 Å². The van der Waals surface area contributed by atoms with Crippen LogP contribution in [0, 0.1) is 5.92 Å². The van der Waals surface area contributed by atoms with Crippen molar-refractivity contribution in [1.29, 1.82) is 0 Å². The van der Waals surface area contributed by atoms with Crippen LogP contribution >= 0.6 is 0 Å². The molecule has 266 valence electrons. The average Bonchev–Trinajstić information content (AvgIpc) is 3.70. The number of hydrogen-bond acceptors (Lipinski definition) is 7. The molecule has 16 nitrogen and oxygen atoms in total. The summed E-state index contributed by atoms with van der Waals surface area (Å²) in [5, 5.41) is 21.3. The smallest absolute Gasteiger partial charge is 0.326 e. The van der Waals surface area contributed by atoms with Crippen LogP contribution in [0.15, 0.2) is 35.5 Å². The van der Waals surface area contributed by atoms with Crippen LogP contribution in [0.25, 0.3) is 10.9 Å². The number of amides is 5. The number of carboxylic acids is 1. The first-order chi connectivity index (χ1) is 23.3. The van der Waals surface area contributed by atoms with Gasteiger partial charge in [-0.1, -0.05) is 32.0 Å². The molecule has 16 heteroatoms. The van der Waals surface area contributed by atoms with Gasteiger partial charge in [-0.25, -0.2) is 4.79 Å². The molecule has 4 rings (SSSR count). The van der Waals surface area contributed by atoms with Crippen LogP contribution < -0.4 is 32.7 Å². The summed E-state index contributed by atoms with van der Waals surface area (Å²) >= 11 is 0. The zero-order valence-corrected chi connectivity index (χ0v) is 27.9. The number of nitrogens with zero attached hydrogens (tertiary/aromatic N) is 2. The van der Waals surface area contributed by atoms with E-state index in [2.05, 4.69) is 31.2 Å². The monoisotopic (exact) mass is 681 g/mol. The number of carbonyl (C=O) groups is 6. The van der Waals surface area contributed by atoms with Crippen LogP contribution in [0.4, 0.5) is 0 Å². The highest BCUT2D eigenvalue weighted by Gasteiger charge is 2.40. The molecule has 2 aromatic rings. The molecule has 0 radical (unpaired) electrons. The van der Waals surface area contributed by atoms with Gasteiger partial charge in [-0.2, -0.15) is 0 Å². The molecule has 2 aliphatic rings. The van der Waals surface area contributed by atoms with Gasteiger partial charge in [0.15, 0.2) is 5.96 Å². The lowest BCUT2D eigenvalue weighted by Crippen LogP contribution is -2.59. The van der Waals surface area contributed by atoms with Crippen LogP contribution in [0.3, 0.4) is 0 Å². The molecule has 3 heterocycles. The Labute approximate surface area is 284 Å². The normalized spacial score (nSPS) is 22.8. The second-order valence-electron chi connectivity index (χ2n) is 13.0. The van der Waals surface area contributed by atoms with Gasteiger partial charge in [0.05, 0.1) is 0 Å². The Hall–Kier alpha value is -5.15. The Morgan fingerprint density at radius 3 is 2.51 bits per heavy atom. The predicted octanol–water partition coefficient (Wildman–Crippen LogP) is -0.381. The van der Waals surface area contributed by atoms with Gasteiger partial charge >= 0.3 is 5.97 Å². The number of aromatic amines is 1. The van der Waals surface area contributed by atoms with Crippen LogP contribution in [0.2, 0.25) is 0 Å². The standard InChI is InChI=1S/C33H47N9O7/c1-18(2)15-25(32(48)49)41-28(44)22-11-12-27(43)38-23(9-5-13-36-33(34)35)31(47)42-14-6-10-26(42)30(46)40-24(29(45)39-22)16-19-17-37-21-8-4-3-7-20(19)21/h3-4,7-8,17-18,22-26,37H,5-6,9-16H2,1-2H3,(H,38,43)(H,39,45)(H,40,46)(H,41,44)(H,48,49)(H4,34,35,36)/t22-,23-,24-,25-,26-/m0/s1. The lowest BCUT2D eigenvalue weighted by atomic mass is 10.0. The van der Waals surface area contributed by atoms with Gasteiger partial charge in [0, 0.05) is 43.0 Å². The van der Waals surface area contributed by atoms with Crippen LogP contribution in [-0.2, 0) is 35.2 Å². The Morgan fingerprint density at radius 1 is 1.04 bits per heavy atom. The molecule has 0 unspecified atom stereocenters. The topological polar surface area (TPSA) is 254 Å². The van der Waals surface area contributed by atoms with Crippen molar-refractivity contribution in [2.75, 3.05) is 13.1 Å². The minimum Gasteiger partial charge on any atom is -0.480 e. The third-order valence-corrected chi connectivity index (χ3v) is 8.76. The van der Waals surface area contributed by atoms with Crippen LogP contribution in [0.1, 0.15) is 64.4 Å². The summed E-state index contributed by atoms with van der Waals surface area (Å²) in [6, 6.07) is 1.86. The van der Waals surface area contributed by atoms with E-state index in [1.807, 2.05) is 38.1 Å². The summed E-state index contributed by atoms with van der Waals surface area (Å²) in [5.74, 6) is -4.43. The molecular formula is C33H47N9O7. The summed E-state index contributed by atoms with van der Waals surface area (Å²) in [7, 11) is 0. The van der Waals surface area contributed by atoms with Gasteiger partial charge in [0.25, 0.3) is 0 Å². The van der Waals surface area contributed by atoms with Crippen LogP contribution in [-0.4, -0.2) is 99.8 Å². The third kappa shape index (κ3) is 9.93. The number of aromatic nitrogens is 1. The minimum atomic E-state index is -1.32. The molecule has 1 aromatic carbocycles. The molecule has 0 bridgehead atoms. The molecule has 2 saturated heterocycles. The summed E-state index contributed by atoms with van der Waals surface area (Å²) < 4.78 is 0. The highest BCUT2D eigenvalue weighted by atomic mass is 16.4. The highest BCUT2D eigenvalue weighted by Crippen LogP contribution is 2.23. The van der Waals surface area contributed by atoms with E-state index in [0.717, 1.165) is 16.5 Å². The maximum absolute atomic E-state index is 13.9. The van der Waals surface area contributed by atoms with Gasteiger partial charge in [-0.15, -0.1) is 0 Å². The fraction of sp³-hybridized carbons (Fsp3) is 0.545. The maximum atomic E-state index is 13.9. The molecule has 5 atom stereocenters. The number of nitrogens with one attached hydrogen (secondary N) is 5. The Morgan fingerprint density at radius 2 is 1.80 bits per heavy atom. The van der Waals surface area contributed by atoms with E-state index in [1.54, 1.807) is 6.20 Å². The number of benzene rings is 1. The average molecular weight is 682 g/mol. The van der Waals surface area contributed by atoms with E-state index in [0.29, 0.717) is 25.8 Å². The highest BCUT2D eigenvalue weighted by molar-refractivity contribution is 5.97.